The Bertz CT molecular complexity index is 321. The molecule has 2 unspecified atom stereocenters. The highest BCUT2D eigenvalue weighted by atomic mass is 16.4. The number of likely N-dealkylation sites (N-methyl/N-ethyl adjacent to an activating group) is 2. The van der Waals surface area contributed by atoms with E-state index in [0.717, 1.165) is 0 Å². The van der Waals surface area contributed by atoms with Gasteiger partial charge in [0.15, 0.2) is 0 Å². The normalized spacial score (nSPS) is 23.5. The third-order valence-electron chi connectivity index (χ3n) is 3.02. The van der Waals surface area contributed by atoms with Crippen LogP contribution < -0.4 is 0 Å². The van der Waals surface area contributed by atoms with E-state index < -0.39 is 18.1 Å². The Kier molecular flexibility index (Phi) is 4.92. The van der Waals surface area contributed by atoms with Crippen molar-refractivity contribution in [3.05, 3.63) is 0 Å². The van der Waals surface area contributed by atoms with E-state index in [0.29, 0.717) is 13.1 Å². The maximum Gasteiger partial charge on any atom is 0.326 e. The van der Waals surface area contributed by atoms with Crippen molar-refractivity contribution in [2.24, 2.45) is 0 Å². The fourth-order valence-corrected chi connectivity index (χ4v) is 1.92. The van der Waals surface area contributed by atoms with E-state index >= 15 is 0 Å². The van der Waals surface area contributed by atoms with Gasteiger partial charge in [0.2, 0.25) is 0 Å². The average molecular weight is 259 g/mol. The Morgan fingerprint density at radius 3 is 2.39 bits per heavy atom. The number of hydrogen-bond donors (Lipinski definition) is 2. The lowest BCUT2D eigenvalue weighted by molar-refractivity contribution is -0.141. The number of carboxylic acids is 1. The molecular weight excluding hydrogens is 238 g/mol. The van der Waals surface area contributed by atoms with Crippen molar-refractivity contribution in [3.8, 4) is 0 Å². The van der Waals surface area contributed by atoms with Crippen LogP contribution >= 0.6 is 0 Å². The Labute approximate surface area is 107 Å². The van der Waals surface area contributed by atoms with Crippen LogP contribution in [-0.4, -0.2) is 89.8 Å². The summed E-state index contributed by atoms with van der Waals surface area (Å²) in [6.45, 7) is 1.31. The molecule has 1 aliphatic heterocycles. The van der Waals surface area contributed by atoms with E-state index in [1.54, 1.807) is 7.05 Å². The lowest BCUT2D eigenvalue weighted by atomic mass is 10.2. The zero-order valence-corrected chi connectivity index (χ0v) is 11.0. The molecule has 2 N–H and O–H groups in total. The summed E-state index contributed by atoms with van der Waals surface area (Å²) < 4.78 is 0. The van der Waals surface area contributed by atoms with Gasteiger partial charge in [-0.3, -0.25) is 0 Å². The largest absolute Gasteiger partial charge is 0.480 e. The molecule has 0 bridgehead atoms. The van der Waals surface area contributed by atoms with Crippen molar-refractivity contribution in [1.82, 2.24) is 14.7 Å². The molecule has 18 heavy (non-hydrogen) atoms. The molecule has 2 atom stereocenters. The monoisotopic (exact) mass is 259 g/mol. The average Bonchev–Trinajstić information content (AvgIpc) is 2.67. The van der Waals surface area contributed by atoms with Crippen molar-refractivity contribution < 1.29 is 19.8 Å². The number of carbonyl (C=O) groups is 2. The lowest BCUT2D eigenvalue weighted by Crippen LogP contribution is -2.48. The summed E-state index contributed by atoms with van der Waals surface area (Å²) in [6, 6.07) is -1.27. The predicted molar refractivity (Wildman–Crippen MR) is 65.3 cm³/mol. The molecule has 7 nitrogen and oxygen atoms in total. The summed E-state index contributed by atoms with van der Waals surface area (Å²) in [4.78, 5) is 27.7. The number of likely N-dealkylation sites (tertiary alicyclic amines) is 1. The molecule has 1 fully saturated rings. The Hall–Kier alpha value is -1.34. The van der Waals surface area contributed by atoms with Crippen molar-refractivity contribution in [2.45, 2.75) is 18.6 Å². The number of aliphatic hydroxyl groups excluding tert-OH is 1. The van der Waals surface area contributed by atoms with Crippen LogP contribution in [0, 0.1) is 0 Å². The van der Waals surface area contributed by atoms with E-state index in [1.165, 1.54) is 9.80 Å². The number of aliphatic hydroxyl groups is 1. The fourth-order valence-electron chi connectivity index (χ4n) is 1.92. The third-order valence-corrected chi connectivity index (χ3v) is 3.02. The van der Waals surface area contributed by atoms with Crippen LogP contribution in [0.3, 0.4) is 0 Å². The minimum Gasteiger partial charge on any atom is -0.480 e. The number of rotatable bonds is 4. The highest BCUT2D eigenvalue weighted by molar-refractivity contribution is 5.83. The van der Waals surface area contributed by atoms with Crippen LogP contribution in [0.5, 0.6) is 0 Å². The van der Waals surface area contributed by atoms with Gasteiger partial charge >= 0.3 is 12.0 Å². The Balaban J connectivity index is 2.61. The smallest absolute Gasteiger partial charge is 0.326 e. The van der Waals surface area contributed by atoms with E-state index in [4.69, 9.17) is 5.11 Å². The first-order chi connectivity index (χ1) is 8.32. The van der Waals surface area contributed by atoms with Gasteiger partial charge in [0.25, 0.3) is 0 Å². The van der Waals surface area contributed by atoms with Gasteiger partial charge in [-0.15, -0.1) is 0 Å². The minimum absolute atomic E-state index is 0.0854. The van der Waals surface area contributed by atoms with Crippen molar-refractivity contribution in [3.63, 3.8) is 0 Å². The molecule has 104 valence electrons. The zero-order chi connectivity index (χ0) is 13.9. The summed E-state index contributed by atoms with van der Waals surface area (Å²) >= 11 is 0. The molecule has 0 aromatic heterocycles. The number of carbonyl (C=O) groups excluding carboxylic acids is 1. The first kappa shape index (κ1) is 14.7. The van der Waals surface area contributed by atoms with Crippen molar-refractivity contribution in [2.75, 3.05) is 40.8 Å². The Morgan fingerprint density at radius 1 is 1.28 bits per heavy atom. The molecule has 0 aliphatic carbocycles. The topological polar surface area (TPSA) is 84.3 Å². The number of β-amino-alcohol motifs (C(OH)–C–C–N with tert-alkyl or cyclic N) is 1. The van der Waals surface area contributed by atoms with Crippen LogP contribution in [-0.2, 0) is 4.79 Å². The third kappa shape index (κ3) is 3.58. The quantitative estimate of drug-likeness (QED) is 0.685. The molecule has 0 saturated carbocycles. The van der Waals surface area contributed by atoms with Crippen LogP contribution in [0.1, 0.15) is 6.42 Å². The predicted octanol–water partition coefficient (Wildman–Crippen LogP) is -0.880. The van der Waals surface area contributed by atoms with Gasteiger partial charge in [-0.1, -0.05) is 0 Å². The molecule has 1 rings (SSSR count). The van der Waals surface area contributed by atoms with Gasteiger partial charge < -0.3 is 24.9 Å². The summed E-state index contributed by atoms with van der Waals surface area (Å²) in [5.74, 6) is -1.07. The second kappa shape index (κ2) is 6.01. The van der Waals surface area contributed by atoms with Gasteiger partial charge in [0, 0.05) is 33.1 Å². The maximum atomic E-state index is 12.1. The number of hydrogen-bond acceptors (Lipinski definition) is 4. The highest BCUT2D eigenvalue weighted by Gasteiger charge is 2.39. The van der Waals surface area contributed by atoms with Crippen LogP contribution in [0.25, 0.3) is 0 Å². The molecular formula is C11H21N3O4. The summed E-state index contributed by atoms with van der Waals surface area (Å²) in [6.07, 6.45) is -0.653. The molecule has 1 heterocycles. The molecule has 7 heteroatoms. The number of aliphatic carboxylic acids is 1. The zero-order valence-electron chi connectivity index (χ0n) is 11.0. The molecule has 0 spiro atoms. The minimum atomic E-state index is -1.07. The summed E-state index contributed by atoms with van der Waals surface area (Å²) in [5.41, 5.74) is 0. The molecule has 1 saturated heterocycles. The Morgan fingerprint density at radius 2 is 1.89 bits per heavy atom. The van der Waals surface area contributed by atoms with Gasteiger partial charge in [0.1, 0.15) is 6.04 Å². The number of urea groups is 1. The number of amides is 2. The molecule has 0 aromatic rings. The van der Waals surface area contributed by atoms with Gasteiger partial charge in [-0.2, -0.15) is 0 Å². The highest BCUT2D eigenvalue weighted by Crippen LogP contribution is 2.19. The van der Waals surface area contributed by atoms with Crippen LogP contribution in [0.2, 0.25) is 0 Å². The second-order valence-electron chi connectivity index (χ2n) is 4.90. The van der Waals surface area contributed by atoms with Gasteiger partial charge in [-0.25, -0.2) is 9.59 Å². The van der Waals surface area contributed by atoms with Gasteiger partial charge in [-0.05, 0) is 14.1 Å². The maximum absolute atomic E-state index is 12.1. The van der Waals surface area contributed by atoms with Crippen molar-refractivity contribution in [1.29, 1.82) is 0 Å². The first-order valence-electron chi connectivity index (χ1n) is 5.90. The lowest BCUT2D eigenvalue weighted by Gasteiger charge is -2.28. The standard InChI is InChI=1S/C11H21N3O4/c1-12(2)4-5-13(3)11(18)14-7-8(15)6-9(14)10(16)17/h8-9,15H,4-7H2,1-3H3,(H,16,17). The van der Waals surface area contributed by atoms with E-state index in [2.05, 4.69) is 0 Å². The summed E-state index contributed by atoms with van der Waals surface area (Å²) in [7, 11) is 5.44. The van der Waals surface area contributed by atoms with Crippen LogP contribution in [0.15, 0.2) is 0 Å². The first-order valence-corrected chi connectivity index (χ1v) is 5.90. The number of nitrogens with zero attached hydrogens (tertiary/aromatic N) is 3. The van der Waals surface area contributed by atoms with E-state index in [-0.39, 0.29) is 19.0 Å². The number of carboxylic acid groups (broad SMARTS) is 1. The molecule has 0 aromatic carbocycles. The fraction of sp³-hybridized carbons (Fsp3) is 0.818. The molecule has 1 aliphatic rings. The summed E-state index contributed by atoms with van der Waals surface area (Å²) in [5, 5.41) is 18.5. The molecule has 2 amide bonds. The van der Waals surface area contributed by atoms with Crippen molar-refractivity contribution >= 4 is 12.0 Å². The second-order valence-corrected chi connectivity index (χ2v) is 4.90. The molecule has 0 radical (unpaired) electrons. The van der Waals surface area contributed by atoms with Crippen LogP contribution in [0.4, 0.5) is 4.79 Å². The van der Waals surface area contributed by atoms with E-state index in [1.807, 2.05) is 19.0 Å². The SMILES string of the molecule is CN(C)CCN(C)C(=O)N1CC(O)CC1C(=O)O. The van der Waals surface area contributed by atoms with E-state index in [9.17, 15) is 14.7 Å². The van der Waals surface area contributed by atoms with Gasteiger partial charge in [0.05, 0.1) is 6.10 Å².